The van der Waals surface area contributed by atoms with Crippen LogP contribution in [0.2, 0.25) is 0 Å². The first kappa shape index (κ1) is 21.9. The van der Waals surface area contributed by atoms with Gasteiger partial charge in [-0.25, -0.2) is 9.98 Å². The van der Waals surface area contributed by atoms with Gasteiger partial charge in [0.05, 0.1) is 6.54 Å². The summed E-state index contributed by atoms with van der Waals surface area (Å²) >= 11 is 0. The number of nitrogens with one attached hydrogen (secondary N) is 2. The zero-order valence-corrected chi connectivity index (χ0v) is 18.3. The van der Waals surface area contributed by atoms with E-state index in [1.807, 2.05) is 12.3 Å². The molecule has 1 saturated heterocycles. The molecule has 162 valence electrons. The lowest BCUT2D eigenvalue weighted by Crippen LogP contribution is -2.48. The van der Waals surface area contributed by atoms with Crippen molar-refractivity contribution >= 4 is 5.96 Å². The zero-order valence-electron chi connectivity index (χ0n) is 18.3. The molecule has 0 amide bonds. The van der Waals surface area contributed by atoms with Gasteiger partial charge in [-0.1, -0.05) is 19.4 Å². The lowest BCUT2D eigenvalue weighted by atomic mass is 9.98. The molecule has 0 bridgehead atoms. The number of nitrogens with zero attached hydrogens (tertiary/aromatic N) is 3. The molecule has 6 heteroatoms. The molecule has 0 spiro atoms. The molecular weight excluding hydrogens is 362 g/mol. The Morgan fingerprint density at radius 2 is 1.93 bits per heavy atom. The first-order chi connectivity index (χ1) is 14.3. The maximum Gasteiger partial charge on any atom is 0.213 e. The number of guanidine groups is 1. The van der Waals surface area contributed by atoms with Gasteiger partial charge < -0.3 is 20.3 Å². The van der Waals surface area contributed by atoms with E-state index >= 15 is 0 Å². The summed E-state index contributed by atoms with van der Waals surface area (Å²) in [6.45, 7) is 9.43. The van der Waals surface area contributed by atoms with Gasteiger partial charge in [0, 0.05) is 37.9 Å². The van der Waals surface area contributed by atoms with Gasteiger partial charge in [0.2, 0.25) is 5.88 Å². The van der Waals surface area contributed by atoms with Crippen molar-refractivity contribution in [1.82, 2.24) is 20.5 Å². The number of aromatic nitrogens is 1. The summed E-state index contributed by atoms with van der Waals surface area (Å²) in [5.74, 6) is 1.65. The lowest BCUT2D eigenvalue weighted by molar-refractivity contribution is 0.148. The van der Waals surface area contributed by atoms with E-state index in [1.54, 1.807) is 0 Å². The van der Waals surface area contributed by atoms with E-state index in [0.29, 0.717) is 18.7 Å². The molecule has 2 heterocycles. The highest BCUT2D eigenvalue weighted by atomic mass is 16.5. The van der Waals surface area contributed by atoms with Gasteiger partial charge in [-0.15, -0.1) is 0 Å². The second kappa shape index (κ2) is 12.0. The largest absolute Gasteiger partial charge is 0.474 e. The quantitative estimate of drug-likeness (QED) is 0.513. The zero-order chi connectivity index (χ0) is 20.3. The Labute approximate surface area is 176 Å². The van der Waals surface area contributed by atoms with Crippen LogP contribution in [0.5, 0.6) is 5.88 Å². The predicted octanol–water partition coefficient (Wildman–Crippen LogP) is 3.72. The maximum atomic E-state index is 6.03. The molecule has 1 aromatic rings. The van der Waals surface area contributed by atoms with Crippen LogP contribution in [-0.2, 0) is 6.54 Å². The van der Waals surface area contributed by atoms with Crippen molar-refractivity contribution in [3.8, 4) is 5.88 Å². The fourth-order valence-corrected chi connectivity index (χ4v) is 4.23. The molecule has 0 atom stereocenters. The summed E-state index contributed by atoms with van der Waals surface area (Å²) in [6, 6.07) is 4.58. The Balaban J connectivity index is 1.47. The van der Waals surface area contributed by atoms with Gasteiger partial charge in [0.15, 0.2) is 5.96 Å². The topological polar surface area (TPSA) is 61.8 Å². The first-order valence-corrected chi connectivity index (χ1v) is 11.7. The Morgan fingerprint density at radius 1 is 1.14 bits per heavy atom. The van der Waals surface area contributed by atoms with Crippen LogP contribution in [0.3, 0.4) is 0 Å². The number of ether oxygens (including phenoxy) is 1. The van der Waals surface area contributed by atoms with Gasteiger partial charge in [-0.2, -0.15) is 0 Å². The third-order valence-corrected chi connectivity index (χ3v) is 5.87. The SMILES string of the molecule is CCCN1CCC(NC(=NCc2ccc(OC3CCCCC3)nc2)NCC)CC1. The average Bonchev–Trinajstić information content (AvgIpc) is 2.75. The molecule has 0 unspecified atom stereocenters. The van der Waals surface area contributed by atoms with Gasteiger partial charge >= 0.3 is 0 Å². The van der Waals surface area contributed by atoms with Crippen LogP contribution in [0.15, 0.2) is 23.3 Å². The monoisotopic (exact) mass is 401 g/mol. The molecule has 1 aliphatic heterocycles. The molecule has 2 aliphatic rings. The van der Waals surface area contributed by atoms with Crippen LogP contribution in [-0.4, -0.2) is 54.2 Å². The van der Waals surface area contributed by atoms with E-state index in [4.69, 9.17) is 9.73 Å². The number of likely N-dealkylation sites (tertiary alicyclic amines) is 1. The van der Waals surface area contributed by atoms with Gasteiger partial charge in [-0.05, 0) is 64.0 Å². The van der Waals surface area contributed by atoms with Crippen LogP contribution in [0.4, 0.5) is 0 Å². The number of pyridine rings is 1. The van der Waals surface area contributed by atoms with Crippen LogP contribution >= 0.6 is 0 Å². The van der Waals surface area contributed by atoms with E-state index in [1.165, 1.54) is 58.2 Å². The van der Waals surface area contributed by atoms with Crippen LogP contribution < -0.4 is 15.4 Å². The molecule has 3 rings (SSSR count). The minimum atomic E-state index is 0.341. The third kappa shape index (κ3) is 7.50. The average molecular weight is 402 g/mol. The van der Waals surface area contributed by atoms with Crippen molar-refractivity contribution in [3.63, 3.8) is 0 Å². The number of hydrogen-bond donors (Lipinski definition) is 2. The fraction of sp³-hybridized carbons (Fsp3) is 0.739. The molecule has 2 N–H and O–H groups in total. The number of piperidine rings is 1. The molecular formula is C23H39N5O. The summed E-state index contributed by atoms with van der Waals surface area (Å²) in [4.78, 5) is 11.8. The standard InChI is InChI=1S/C23H39N5O/c1-3-14-28-15-12-20(13-16-28)27-23(24-4-2)26-18-19-10-11-22(25-17-19)29-21-8-6-5-7-9-21/h10-11,17,20-21H,3-9,12-16,18H2,1-2H3,(H2,24,26,27). The highest BCUT2D eigenvalue weighted by Crippen LogP contribution is 2.22. The number of aliphatic imine (C=N–C) groups is 1. The van der Waals surface area contributed by atoms with E-state index in [-0.39, 0.29) is 0 Å². The number of rotatable bonds is 8. The molecule has 6 nitrogen and oxygen atoms in total. The number of hydrogen-bond acceptors (Lipinski definition) is 4. The van der Waals surface area contributed by atoms with Gasteiger partial charge in [0.1, 0.15) is 6.10 Å². The predicted molar refractivity (Wildman–Crippen MR) is 119 cm³/mol. The molecule has 2 fully saturated rings. The van der Waals surface area contributed by atoms with Gasteiger partial charge in [-0.3, -0.25) is 0 Å². The summed E-state index contributed by atoms with van der Waals surface area (Å²) in [7, 11) is 0. The second-order valence-electron chi connectivity index (χ2n) is 8.34. The highest BCUT2D eigenvalue weighted by molar-refractivity contribution is 5.80. The molecule has 29 heavy (non-hydrogen) atoms. The Hall–Kier alpha value is -1.82. The molecule has 1 aliphatic carbocycles. The normalized spacial score (nSPS) is 19.9. The van der Waals surface area contributed by atoms with E-state index in [0.717, 1.165) is 36.8 Å². The first-order valence-electron chi connectivity index (χ1n) is 11.7. The summed E-state index contributed by atoms with van der Waals surface area (Å²) in [5.41, 5.74) is 1.11. The van der Waals surface area contributed by atoms with Crippen LogP contribution in [0, 0.1) is 0 Å². The van der Waals surface area contributed by atoms with Crippen molar-refractivity contribution in [2.24, 2.45) is 4.99 Å². The van der Waals surface area contributed by atoms with E-state index < -0.39 is 0 Å². The summed E-state index contributed by atoms with van der Waals surface area (Å²) < 4.78 is 6.03. The van der Waals surface area contributed by atoms with E-state index in [9.17, 15) is 0 Å². The Bertz CT molecular complexity index is 604. The van der Waals surface area contributed by atoms with Gasteiger partial charge in [0.25, 0.3) is 0 Å². The van der Waals surface area contributed by atoms with E-state index in [2.05, 4.69) is 40.4 Å². The Kier molecular flexibility index (Phi) is 9.06. The van der Waals surface area contributed by atoms with Crippen molar-refractivity contribution in [2.45, 2.75) is 83.9 Å². The van der Waals surface area contributed by atoms with Crippen LogP contribution in [0.25, 0.3) is 0 Å². The van der Waals surface area contributed by atoms with Crippen molar-refractivity contribution in [2.75, 3.05) is 26.2 Å². The molecule has 1 aromatic heterocycles. The summed E-state index contributed by atoms with van der Waals surface area (Å²) in [6.07, 6.45) is 12.0. The third-order valence-electron chi connectivity index (χ3n) is 5.87. The summed E-state index contributed by atoms with van der Waals surface area (Å²) in [5, 5.41) is 7.00. The van der Waals surface area contributed by atoms with Crippen molar-refractivity contribution in [3.05, 3.63) is 23.9 Å². The molecule has 1 saturated carbocycles. The van der Waals surface area contributed by atoms with Crippen LogP contribution in [0.1, 0.15) is 70.8 Å². The molecule has 0 aromatic carbocycles. The highest BCUT2D eigenvalue weighted by Gasteiger charge is 2.19. The lowest BCUT2D eigenvalue weighted by Gasteiger charge is -2.32. The molecule has 0 radical (unpaired) electrons. The van der Waals surface area contributed by atoms with Crippen molar-refractivity contribution in [1.29, 1.82) is 0 Å². The maximum absolute atomic E-state index is 6.03. The fourth-order valence-electron chi connectivity index (χ4n) is 4.23. The minimum absolute atomic E-state index is 0.341. The smallest absolute Gasteiger partial charge is 0.213 e. The minimum Gasteiger partial charge on any atom is -0.474 e. The second-order valence-corrected chi connectivity index (χ2v) is 8.34. The Morgan fingerprint density at radius 3 is 2.59 bits per heavy atom. The van der Waals surface area contributed by atoms with Crippen molar-refractivity contribution < 1.29 is 4.74 Å².